The Morgan fingerprint density at radius 2 is 2.00 bits per heavy atom. The Morgan fingerprint density at radius 1 is 1.31 bits per heavy atom. The number of fused-ring (bicyclic) bond motifs is 2. The second-order valence-corrected chi connectivity index (χ2v) is 6.70. The molecule has 3 atom stereocenters. The van der Waals surface area contributed by atoms with Gasteiger partial charge in [0.2, 0.25) is 0 Å². The molecule has 1 aliphatic carbocycles. The van der Waals surface area contributed by atoms with E-state index in [4.69, 9.17) is 9.47 Å². The molecule has 2 rings (SSSR count). The first-order chi connectivity index (χ1) is 7.35. The highest BCUT2D eigenvalue weighted by Crippen LogP contribution is 2.57. The van der Waals surface area contributed by atoms with E-state index in [-0.39, 0.29) is 11.9 Å². The van der Waals surface area contributed by atoms with Gasteiger partial charge in [-0.3, -0.25) is 0 Å². The van der Waals surface area contributed by atoms with Crippen molar-refractivity contribution >= 4 is 0 Å². The third kappa shape index (κ3) is 1.91. The third-order valence-corrected chi connectivity index (χ3v) is 4.84. The molecule has 16 heavy (non-hydrogen) atoms. The van der Waals surface area contributed by atoms with Crippen LogP contribution in [0.25, 0.3) is 0 Å². The normalized spacial score (nSPS) is 41.6. The summed E-state index contributed by atoms with van der Waals surface area (Å²) < 4.78 is 12.1. The van der Waals surface area contributed by atoms with E-state index >= 15 is 0 Å². The lowest BCUT2D eigenvalue weighted by molar-refractivity contribution is -0.269. The van der Waals surface area contributed by atoms with Gasteiger partial charge in [-0.2, -0.15) is 0 Å². The van der Waals surface area contributed by atoms with Crippen molar-refractivity contribution in [1.29, 1.82) is 0 Å². The minimum atomic E-state index is 0.0254. The smallest absolute Gasteiger partial charge is 0.158 e. The van der Waals surface area contributed by atoms with Crippen molar-refractivity contribution in [2.75, 3.05) is 6.61 Å². The standard InChI is InChI=1S/C14H26O2/c1-10(2)9-15-12-8-11-6-7-14(5,16-12)13(11,3)4/h10-12H,6-9H2,1-5H3/t11?,12?,14-/m1/s1. The highest BCUT2D eigenvalue weighted by Gasteiger charge is 2.57. The fourth-order valence-corrected chi connectivity index (χ4v) is 3.16. The van der Waals surface area contributed by atoms with Gasteiger partial charge in [0.25, 0.3) is 0 Å². The molecule has 2 nitrogen and oxygen atoms in total. The maximum absolute atomic E-state index is 6.21. The van der Waals surface area contributed by atoms with Crippen LogP contribution < -0.4 is 0 Å². The van der Waals surface area contributed by atoms with Gasteiger partial charge in [-0.1, -0.05) is 27.7 Å². The molecule has 0 spiro atoms. The van der Waals surface area contributed by atoms with Crippen molar-refractivity contribution in [2.24, 2.45) is 17.3 Å². The Hall–Kier alpha value is -0.0800. The van der Waals surface area contributed by atoms with Gasteiger partial charge in [-0.25, -0.2) is 0 Å². The molecule has 0 amide bonds. The van der Waals surface area contributed by atoms with E-state index in [9.17, 15) is 0 Å². The average Bonchev–Trinajstić information content (AvgIpc) is 2.37. The summed E-state index contributed by atoms with van der Waals surface area (Å²) in [5.74, 6) is 1.35. The number of hydrogen-bond donors (Lipinski definition) is 0. The number of hydrogen-bond acceptors (Lipinski definition) is 2. The zero-order valence-electron chi connectivity index (χ0n) is 11.4. The summed E-state index contributed by atoms with van der Waals surface area (Å²) in [5, 5.41) is 0. The van der Waals surface area contributed by atoms with Crippen LogP contribution in [-0.4, -0.2) is 18.5 Å². The van der Waals surface area contributed by atoms with Gasteiger partial charge in [-0.15, -0.1) is 0 Å². The van der Waals surface area contributed by atoms with Crippen molar-refractivity contribution in [3.05, 3.63) is 0 Å². The van der Waals surface area contributed by atoms with Crippen LogP contribution in [0.3, 0.4) is 0 Å². The Bertz CT molecular complexity index is 259. The minimum Gasteiger partial charge on any atom is -0.352 e. The first-order valence-electron chi connectivity index (χ1n) is 6.64. The molecule has 0 N–H and O–H groups in total. The first kappa shape index (κ1) is 12.4. The minimum absolute atomic E-state index is 0.0254. The SMILES string of the molecule is CC(C)COC1CC2CC[C@@](C)(O1)C2(C)C. The lowest BCUT2D eigenvalue weighted by Crippen LogP contribution is -2.50. The molecule has 1 aliphatic heterocycles. The van der Waals surface area contributed by atoms with Gasteiger partial charge in [-0.05, 0) is 37.0 Å². The highest BCUT2D eigenvalue weighted by atomic mass is 16.7. The van der Waals surface area contributed by atoms with Crippen LogP contribution in [0.15, 0.2) is 0 Å². The predicted molar refractivity (Wildman–Crippen MR) is 65.2 cm³/mol. The molecule has 2 aliphatic rings. The topological polar surface area (TPSA) is 18.5 Å². The molecule has 1 saturated carbocycles. The van der Waals surface area contributed by atoms with Gasteiger partial charge in [0.15, 0.2) is 6.29 Å². The van der Waals surface area contributed by atoms with Gasteiger partial charge in [0.05, 0.1) is 12.2 Å². The summed E-state index contributed by atoms with van der Waals surface area (Å²) >= 11 is 0. The fourth-order valence-electron chi connectivity index (χ4n) is 3.16. The maximum atomic E-state index is 6.21. The monoisotopic (exact) mass is 226 g/mol. The highest BCUT2D eigenvalue weighted by molar-refractivity contribution is 5.05. The van der Waals surface area contributed by atoms with Gasteiger partial charge in [0, 0.05) is 6.42 Å². The molecule has 0 aromatic carbocycles. The molecule has 94 valence electrons. The molecule has 2 fully saturated rings. The summed E-state index contributed by atoms with van der Waals surface area (Å²) in [6.07, 6.45) is 3.60. The number of ether oxygens (including phenoxy) is 2. The lowest BCUT2D eigenvalue weighted by Gasteiger charge is -2.48. The molecule has 0 aromatic heterocycles. The van der Waals surface area contributed by atoms with Crippen molar-refractivity contribution in [3.8, 4) is 0 Å². The van der Waals surface area contributed by atoms with Crippen LogP contribution in [0.2, 0.25) is 0 Å². The molecular formula is C14H26O2. The molecular weight excluding hydrogens is 200 g/mol. The van der Waals surface area contributed by atoms with Gasteiger partial charge >= 0.3 is 0 Å². The Labute approximate surface area is 99.7 Å². The second kappa shape index (κ2) is 3.99. The van der Waals surface area contributed by atoms with Crippen LogP contribution in [-0.2, 0) is 9.47 Å². The fraction of sp³-hybridized carbons (Fsp3) is 1.00. The Morgan fingerprint density at radius 3 is 2.56 bits per heavy atom. The van der Waals surface area contributed by atoms with Crippen LogP contribution in [0.1, 0.15) is 53.9 Å². The van der Waals surface area contributed by atoms with Crippen molar-refractivity contribution in [1.82, 2.24) is 0 Å². The molecule has 1 heterocycles. The van der Waals surface area contributed by atoms with E-state index in [1.807, 2.05) is 0 Å². The van der Waals surface area contributed by atoms with Crippen molar-refractivity contribution in [3.63, 3.8) is 0 Å². The Kier molecular flexibility index (Phi) is 3.09. The second-order valence-electron chi connectivity index (χ2n) is 6.70. The summed E-state index contributed by atoms with van der Waals surface area (Å²) in [7, 11) is 0. The number of rotatable bonds is 3. The molecule has 2 unspecified atom stereocenters. The van der Waals surface area contributed by atoms with E-state index in [2.05, 4.69) is 34.6 Å². The lowest BCUT2D eigenvalue weighted by atomic mass is 9.70. The van der Waals surface area contributed by atoms with Crippen LogP contribution >= 0.6 is 0 Å². The van der Waals surface area contributed by atoms with E-state index in [1.165, 1.54) is 12.8 Å². The first-order valence-corrected chi connectivity index (χ1v) is 6.64. The zero-order chi connectivity index (χ0) is 12.0. The van der Waals surface area contributed by atoms with Crippen LogP contribution in [0.5, 0.6) is 0 Å². The van der Waals surface area contributed by atoms with Crippen LogP contribution in [0, 0.1) is 17.3 Å². The van der Waals surface area contributed by atoms with E-state index in [0.29, 0.717) is 11.3 Å². The Balaban J connectivity index is 2.00. The molecule has 2 heteroatoms. The predicted octanol–water partition coefficient (Wildman–Crippen LogP) is 3.60. The average molecular weight is 226 g/mol. The summed E-state index contributed by atoms with van der Waals surface area (Å²) in [6, 6.07) is 0. The summed E-state index contributed by atoms with van der Waals surface area (Å²) in [6.45, 7) is 12.1. The maximum Gasteiger partial charge on any atom is 0.158 e. The van der Waals surface area contributed by atoms with Gasteiger partial charge in [0.1, 0.15) is 0 Å². The third-order valence-electron chi connectivity index (χ3n) is 4.84. The van der Waals surface area contributed by atoms with Crippen molar-refractivity contribution < 1.29 is 9.47 Å². The molecule has 0 radical (unpaired) electrons. The molecule has 0 aromatic rings. The van der Waals surface area contributed by atoms with E-state index < -0.39 is 0 Å². The molecule has 1 saturated heterocycles. The zero-order valence-corrected chi connectivity index (χ0v) is 11.4. The summed E-state index contributed by atoms with van der Waals surface area (Å²) in [4.78, 5) is 0. The largest absolute Gasteiger partial charge is 0.352 e. The molecule has 2 bridgehead atoms. The van der Waals surface area contributed by atoms with E-state index in [0.717, 1.165) is 18.9 Å². The van der Waals surface area contributed by atoms with Crippen molar-refractivity contribution in [2.45, 2.75) is 65.8 Å². The van der Waals surface area contributed by atoms with Crippen LogP contribution in [0.4, 0.5) is 0 Å². The van der Waals surface area contributed by atoms with Gasteiger partial charge < -0.3 is 9.47 Å². The van der Waals surface area contributed by atoms with E-state index in [1.54, 1.807) is 0 Å². The summed E-state index contributed by atoms with van der Waals surface area (Å²) in [5.41, 5.74) is 0.336. The quantitative estimate of drug-likeness (QED) is 0.732.